The van der Waals surface area contributed by atoms with E-state index >= 15 is 0 Å². The van der Waals surface area contributed by atoms with Gasteiger partial charge in [-0.1, -0.05) is 0 Å². The number of ether oxygens (including phenoxy) is 1. The third kappa shape index (κ3) is 2.81. The fourth-order valence-electron chi connectivity index (χ4n) is 3.42. The fraction of sp³-hybridized carbons (Fsp3) is 0.353. The highest BCUT2D eigenvalue weighted by Crippen LogP contribution is 2.46. The van der Waals surface area contributed by atoms with Gasteiger partial charge in [0, 0.05) is 26.9 Å². The van der Waals surface area contributed by atoms with E-state index in [4.69, 9.17) is 4.74 Å². The first-order valence-electron chi connectivity index (χ1n) is 8.06. The minimum absolute atomic E-state index is 0.00937. The number of likely N-dealkylation sites (N-methyl/N-ethyl adjacent to an activating group) is 1. The number of carbonyl (C=O) groups is 1. The number of nitrogens with one attached hydrogen (secondary N) is 2. The van der Waals surface area contributed by atoms with Gasteiger partial charge in [0.05, 0.1) is 18.2 Å². The van der Waals surface area contributed by atoms with E-state index in [2.05, 4.69) is 54.4 Å². The van der Waals surface area contributed by atoms with Crippen molar-refractivity contribution in [2.45, 2.75) is 19.1 Å². The summed E-state index contributed by atoms with van der Waals surface area (Å²) in [7, 11) is 3.58. The van der Waals surface area contributed by atoms with Crippen molar-refractivity contribution < 1.29 is 14.6 Å². The zero-order valence-corrected chi connectivity index (χ0v) is 18.1. The number of anilines is 1. The molecule has 6 nitrogen and oxygen atoms in total. The lowest BCUT2D eigenvalue weighted by atomic mass is 10.0. The summed E-state index contributed by atoms with van der Waals surface area (Å²) < 4.78 is 6.64. The Balaban J connectivity index is 1.77. The summed E-state index contributed by atoms with van der Waals surface area (Å²) in [5.41, 5.74) is 2.41. The van der Waals surface area contributed by atoms with Crippen LogP contribution < -0.4 is 15.4 Å². The van der Waals surface area contributed by atoms with Gasteiger partial charge in [-0.2, -0.15) is 0 Å². The summed E-state index contributed by atoms with van der Waals surface area (Å²) in [5, 5.41) is 17.8. The second-order valence-corrected chi connectivity index (χ2v) is 9.14. The number of carbonyl (C=O) groups excluding carboxylic acids is 1. The number of methoxy groups -OCH3 is 1. The van der Waals surface area contributed by atoms with Gasteiger partial charge in [-0.05, 0) is 57.0 Å². The Morgan fingerprint density at radius 3 is 2.88 bits per heavy atom. The van der Waals surface area contributed by atoms with Crippen LogP contribution in [0.2, 0.25) is 0 Å². The third-order valence-corrected chi connectivity index (χ3v) is 7.89. The number of fused-ring (bicyclic) bond motifs is 3. The summed E-state index contributed by atoms with van der Waals surface area (Å²) in [6, 6.07) is 1.68. The van der Waals surface area contributed by atoms with E-state index in [1.165, 1.54) is 12.0 Å². The lowest BCUT2D eigenvalue weighted by Crippen LogP contribution is -2.39. The molecule has 1 amide bonds. The van der Waals surface area contributed by atoms with Gasteiger partial charge in [0.1, 0.15) is 11.2 Å². The van der Waals surface area contributed by atoms with Crippen LogP contribution >= 0.6 is 43.2 Å². The smallest absolute Gasteiger partial charge is 0.256 e. The van der Waals surface area contributed by atoms with Gasteiger partial charge < -0.3 is 25.4 Å². The largest absolute Gasteiger partial charge is 0.504 e. The average Bonchev–Trinajstić information content (AvgIpc) is 2.96. The standard InChI is InChI=1S/C17H17Br2N3O3S/c1-22-4-3-7-10(6-22)26-17-11(7)16(24)20-15(21-17)12-13(19)8(18)5-9(25-2)14(12)23/h5,15,21,23H,3-4,6H2,1-2H3,(H,20,24)/t15-/m1/s1. The van der Waals surface area contributed by atoms with Crippen LogP contribution in [0.1, 0.15) is 32.5 Å². The number of phenols is 1. The molecule has 2 aliphatic heterocycles. The highest BCUT2D eigenvalue weighted by atomic mass is 79.9. The number of hydrogen-bond acceptors (Lipinski definition) is 6. The first-order chi connectivity index (χ1) is 12.4. The molecule has 0 bridgehead atoms. The highest BCUT2D eigenvalue weighted by molar-refractivity contribution is 9.13. The monoisotopic (exact) mass is 501 g/mol. The van der Waals surface area contributed by atoms with Crippen molar-refractivity contribution in [1.29, 1.82) is 0 Å². The van der Waals surface area contributed by atoms with Gasteiger partial charge in [0.25, 0.3) is 5.91 Å². The number of thiophene rings is 1. The van der Waals surface area contributed by atoms with Crippen LogP contribution in [0.25, 0.3) is 0 Å². The Labute approximate surface area is 171 Å². The number of amides is 1. The predicted molar refractivity (Wildman–Crippen MR) is 108 cm³/mol. The minimum Gasteiger partial charge on any atom is -0.504 e. The Hall–Kier alpha value is -1.29. The number of halogens is 2. The van der Waals surface area contributed by atoms with E-state index in [0.29, 0.717) is 15.8 Å². The minimum atomic E-state index is -0.561. The van der Waals surface area contributed by atoms with E-state index in [1.807, 2.05) is 0 Å². The zero-order valence-electron chi connectivity index (χ0n) is 14.2. The molecule has 0 saturated heterocycles. The van der Waals surface area contributed by atoms with Crippen LogP contribution in [0, 0.1) is 0 Å². The Bertz CT molecular complexity index is 915. The molecule has 0 spiro atoms. The van der Waals surface area contributed by atoms with E-state index < -0.39 is 6.17 Å². The lowest BCUT2D eigenvalue weighted by Gasteiger charge is -2.29. The maximum absolute atomic E-state index is 12.8. The number of rotatable bonds is 2. The molecule has 3 heterocycles. The van der Waals surface area contributed by atoms with Gasteiger partial charge in [0.15, 0.2) is 11.5 Å². The van der Waals surface area contributed by atoms with Crippen molar-refractivity contribution in [3.05, 3.63) is 36.6 Å². The molecule has 0 unspecified atom stereocenters. The van der Waals surface area contributed by atoms with Crippen molar-refractivity contribution in [1.82, 2.24) is 10.2 Å². The number of aromatic hydroxyl groups is 1. The van der Waals surface area contributed by atoms with Gasteiger partial charge in [0.2, 0.25) is 0 Å². The van der Waals surface area contributed by atoms with Crippen LogP contribution in [0.4, 0.5) is 5.00 Å². The van der Waals surface area contributed by atoms with Gasteiger partial charge in [-0.15, -0.1) is 11.3 Å². The van der Waals surface area contributed by atoms with Gasteiger partial charge >= 0.3 is 0 Å². The van der Waals surface area contributed by atoms with Gasteiger partial charge in [-0.25, -0.2) is 0 Å². The van der Waals surface area contributed by atoms with Crippen LogP contribution in [-0.4, -0.2) is 36.6 Å². The second kappa shape index (κ2) is 6.70. The molecule has 2 aromatic rings. The summed E-state index contributed by atoms with van der Waals surface area (Å²) in [6.45, 7) is 1.80. The topological polar surface area (TPSA) is 73.8 Å². The van der Waals surface area contributed by atoms with Crippen molar-refractivity contribution in [2.24, 2.45) is 0 Å². The molecule has 0 fully saturated rings. The SMILES string of the molecule is COc1cc(Br)c(Br)c([C@@H]2NC(=O)c3c(sc4c3CCN(C)C4)N2)c1O. The number of benzene rings is 1. The summed E-state index contributed by atoms with van der Waals surface area (Å²) >= 11 is 8.57. The third-order valence-electron chi connectivity index (χ3n) is 4.73. The van der Waals surface area contributed by atoms with Crippen LogP contribution in [0.5, 0.6) is 11.5 Å². The van der Waals surface area contributed by atoms with Crippen LogP contribution in [0.3, 0.4) is 0 Å². The molecule has 1 atom stereocenters. The molecule has 1 aromatic heterocycles. The van der Waals surface area contributed by atoms with E-state index in [1.54, 1.807) is 17.4 Å². The molecule has 4 rings (SSSR count). The first kappa shape index (κ1) is 18.1. The molecule has 0 aliphatic carbocycles. The Morgan fingerprint density at radius 1 is 1.38 bits per heavy atom. The molecular formula is C17H17Br2N3O3S. The van der Waals surface area contributed by atoms with E-state index in [9.17, 15) is 9.90 Å². The number of hydrogen-bond donors (Lipinski definition) is 3. The predicted octanol–water partition coefficient (Wildman–Crippen LogP) is 3.83. The summed E-state index contributed by atoms with van der Waals surface area (Å²) in [5.74, 6) is 0.213. The van der Waals surface area contributed by atoms with Crippen LogP contribution in [0.15, 0.2) is 15.0 Å². The van der Waals surface area contributed by atoms with Crippen molar-refractivity contribution in [3.8, 4) is 11.5 Å². The number of phenolic OH excluding ortho intramolecular Hbond substituents is 1. The fourth-order valence-corrected chi connectivity index (χ4v) is 5.73. The maximum Gasteiger partial charge on any atom is 0.256 e. The second-order valence-electron chi connectivity index (χ2n) is 6.38. The van der Waals surface area contributed by atoms with Crippen molar-refractivity contribution >= 4 is 54.1 Å². The molecule has 0 radical (unpaired) electrons. The Kier molecular flexibility index (Phi) is 4.66. The van der Waals surface area contributed by atoms with Crippen molar-refractivity contribution in [3.63, 3.8) is 0 Å². The Morgan fingerprint density at radius 2 is 2.15 bits per heavy atom. The number of nitrogens with zero attached hydrogens (tertiary/aromatic N) is 1. The zero-order chi connectivity index (χ0) is 18.6. The van der Waals surface area contributed by atoms with E-state index in [-0.39, 0.29) is 11.7 Å². The molecule has 26 heavy (non-hydrogen) atoms. The van der Waals surface area contributed by atoms with Crippen molar-refractivity contribution in [2.75, 3.05) is 26.0 Å². The lowest BCUT2D eigenvalue weighted by molar-refractivity contribution is 0.0934. The maximum atomic E-state index is 12.8. The summed E-state index contributed by atoms with van der Waals surface area (Å²) in [4.78, 5) is 16.3. The molecule has 9 heteroatoms. The normalized spacial score (nSPS) is 19.4. The molecule has 0 saturated carbocycles. The highest BCUT2D eigenvalue weighted by Gasteiger charge is 2.35. The summed E-state index contributed by atoms with van der Waals surface area (Å²) in [6.07, 6.45) is 0.311. The molecule has 138 valence electrons. The quantitative estimate of drug-likeness (QED) is 0.582. The average molecular weight is 503 g/mol. The van der Waals surface area contributed by atoms with E-state index in [0.717, 1.165) is 40.1 Å². The first-order valence-corrected chi connectivity index (χ1v) is 10.5. The van der Waals surface area contributed by atoms with Gasteiger partial charge in [-0.3, -0.25) is 4.79 Å². The molecular weight excluding hydrogens is 486 g/mol. The molecule has 2 aliphatic rings. The van der Waals surface area contributed by atoms with Crippen LogP contribution in [-0.2, 0) is 13.0 Å². The molecule has 3 N–H and O–H groups in total. The molecule has 1 aromatic carbocycles.